The molecular weight excluding hydrogens is 404 g/mol. The summed E-state index contributed by atoms with van der Waals surface area (Å²) in [6, 6.07) is 8.80. The average Bonchev–Trinajstić information content (AvgIpc) is 3.33. The molecule has 8 heteroatoms. The summed E-state index contributed by atoms with van der Waals surface area (Å²) < 4.78 is 38.9. The van der Waals surface area contributed by atoms with Crippen molar-refractivity contribution < 1.29 is 22.4 Å². The van der Waals surface area contributed by atoms with Gasteiger partial charge in [-0.2, -0.15) is 0 Å². The van der Waals surface area contributed by atoms with Gasteiger partial charge in [0.2, 0.25) is 11.8 Å². The van der Waals surface area contributed by atoms with Crippen molar-refractivity contribution in [3.05, 3.63) is 66.0 Å². The highest BCUT2D eigenvalue weighted by molar-refractivity contribution is 5.92. The van der Waals surface area contributed by atoms with Gasteiger partial charge in [0, 0.05) is 23.9 Å². The SMILES string of the molecule is CC(C)(C)c1nc2cc(NC(=O)CCc3ncc(-c4c(F)cccc4F)o3)ccc2o1. The van der Waals surface area contributed by atoms with Gasteiger partial charge in [-0.25, -0.2) is 18.7 Å². The molecule has 0 spiro atoms. The lowest BCUT2D eigenvalue weighted by atomic mass is 9.97. The molecule has 2 aromatic carbocycles. The molecule has 1 amide bonds. The summed E-state index contributed by atoms with van der Waals surface area (Å²) in [6.07, 6.45) is 1.52. The van der Waals surface area contributed by atoms with Crippen molar-refractivity contribution in [1.82, 2.24) is 9.97 Å². The second-order valence-electron chi connectivity index (χ2n) is 8.21. The zero-order valence-electron chi connectivity index (χ0n) is 17.3. The smallest absolute Gasteiger partial charge is 0.224 e. The molecule has 2 heterocycles. The fourth-order valence-corrected chi connectivity index (χ4v) is 3.04. The largest absolute Gasteiger partial charge is 0.441 e. The third-order valence-corrected chi connectivity index (χ3v) is 4.64. The summed E-state index contributed by atoms with van der Waals surface area (Å²) >= 11 is 0. The number of nitrogens with zero attached hydrogens (tertiary/aromatic N) is 2. The summed E-state index contributed by atoms with van der Waals surface area (Å²) in [6.45, 7) is 6.03. The van der Waals surface area contributed by atoms with E-state index in [1.807, 2.05) is 20.8 Å². The Kier molecular flexibility index (Phi) is 5.31. The molecule has 31 heavy (non-hydrogen) atoms. The van der Waals surface area contributed by atoms with E-state index in [1.54, 1.807) is 18.2 Å². The first-order valence-electron chi connectivity index (χ1n) is 9.81. The first-order chi connectivity index (χ1) is 14.7. The third kappa shape index (κ3) is 4.47. The Morgan fingerprint density at radius 3 is 2.55 bits per heavy atom. The Balaban J connectivity index is 1.40. The third-order valence-electron chi connectivity index (χ3n) is 4.64. The number of hydrogen-bond donors (Lipinski definition) is 1. The molecule has 0 radical (unpaired) electrons. The molecule has 0 bridgehead atoms. The maximum atomic E-state index is 13.9. The van der Waals surface area contributed by atoms with Gasteiger partial charge in [-0.3, -0.25) is 4.79 Å². The summed E-state index contributed by atoms with van der Waals surface area (Å²) in [5.41, 5.74) is 1.40. The van der Waals surface area contributed by atoms with E-state index in [2.05, 4.69) is 15.3 Å². The average molecular weight is 425 g/mol. The molecular formula is C23H21F2N3O3. The number of anilines is 1. The molecule has 0 aliphatic heterocycles. The van der Waals surface area contributed by atoms with Gasteiger partial charge in [0.05, 0.1) is 11.8 Å². The summed E-state index contributed by atoms with van der Waals surface area (Å²) in [5.74, 6) is -0.906. The molecule has 4 aromatic rings. The number of rotatable bonds is 5. The van der Waals surface area contributed by atoms with Gasteiger partial charge >= 0.3 is 0 Å². The Morgan fingerprint density at radius 2 is 1.84 bits per heavy atom. The second kappa shape index (κ2) is 7.94. The first-order valence-corrected chi connectivity index (χ1v) is 9.81. The highest BCUT2D eigenvalue weighted by Crippen LogP contribution is 2.28. The van der Waals surface area contributed by atoms with E-state index < -0.39 is 11.6 Å². The fraction of sp³-hybridized carbons (Fsp3) is 0.261. The Labute approximate surface area is 177 Å². The van der Waals surface area contributed by atoms with Gasteiger partial charge < -0.3 is 14.2 Å². The van der Waals surface area contributed by atoms with Gasteiger partial charge in [0.25, 0.3) is 0 Å². The van der Waals surface area contributed by atoms with Crippen LogP contribution in [0.5, 0.6) is 0 Å². The zero-order valence-corrected chi connectivity index (χ0v) is 17.3. The van der Waals surface area contributed by atoms with E-state index in [9.17, 15) is 13.6 Å². The van der Waals surface area contributed by atoms with Crippen LogP contribution < -0.4 is 5.32 Å². The molecule has 0 aliphatic carbocycles. The van der Waals surface area contributed by atoms with Crippen molar-refractivity contribution in [2.75, 3.05) is 5.32 Å². The normalized spacial score (nSPS) is 11.8. The highest BCUT2D eigenvalue weighted by Gasteiger charge is 2.21. The molecule has 0 aliphatic rings. The zero-order chi connectivity index (χ0) is 22.2. The lowest BCUT2D eigenvalue weighted by Crippen LogP contribution is -2.12. The Bertz CT molecular complexity index is 1230. The van der Waals surface area contributed by atoms with E-state index >= 15 is 0 Å². The summed E-state index contributed by atoms with van der Waals surface area (Å²) in [7, 11) is 0. The number of hydrogen-bond acceptors (Lipinski definition) is 5. The van der Waals surface area contributed by atoms with Crippen molar-refractivity contribution in [2.24, 2.45) is 0 Å². The number of carbonyl (C=O) groups excluding carboxylic acids is 1. The molecule has 2 aromatic heterocycles. The standard InChI is InChI=1S/C23H21F2N3O3/c1-23(2,3)22-28-16-11-13(7-8-17(16)31-22)27-19(29)9-10-20-26-12-18(30-20)21-14(24)5-4-6-15(21)25/h4-8,11-12H,9-10H2,1-3H3,(H,27,29). The predicted molar refractivity (Wildman–Crippen MR) is 112 cm³/mol. The lowest BCUT2D eigenvalue weighted by Gasteiger charge is -2.11. The first kappa shape index (κ1) is 20.7. The number of nitrogens with one attached hydrogen (secondary N) is 1. The number of carbonyl (C=O) groups is 1. The van der Waals surface area contributed by atoms with Crippen molar-refractivity contribution >= 4 is 22.7 Å². The van der Waals surface area contributed by atoms with Crippen LogP contribution in [-0.4, -0.2) is 15.9 Å². The van der Waals surface area contributed by atoms with E-state index in [1.165, 1.54) is 12.3 Å². The minimum Gasteiger partial charge on any atom is -0.441 e. The topological polar surface area (TPSA) is 81.2 Å². The maximum absolute atomic E-state index is 13.9. The number of halogens is 2. The number of aryl methyl sites for hydroxylation is 1. The monoisotopic (exact) mass is 425 g/mol. The number of benzene rings is 2. The van der Waals surface area contributed by atoms with Crippen LogP contribution in [0.15, 0.2) is 51.4 Å². The quantitative estimate of drug-likeness (QED) is 0.448. The molecule has 0 atom stereocenters. The molecule has 0 saturated heterocycles. The van der Waals surface area contributed by atoms with E-state index in [4.69, 9.17) is 8.83 Å². The van der Waals surface area contributed by atoms with Crippen LogP contribution in [0.1, 0.15) is 39.0 Å². The number of fused-ring (bicyclic) bond motifs is 1. The van der Waals surface area contributed by atoms with Crippen LogP contribution in [-0.2, 0) is 16.6 Å². The molecule has 1 N–H and O–H groups in total. The van der Waals surface area contributed by atoms with Gasteiger partial charge in [-0.15, -0.1) is 0 Å². The van der Waals surface area contributed by atoms with Gasteiger partial charge in [-0.05, 0) is 30.3 Å². The van der Waals surface area contributed by atoms with E-state index in [0.29, 0.717) is 22.7 Å². The Hall–Kier alpha value is -3.55. The summed E-state index contributed by atoms with van der Waals surface area (Å²) in [5, 5.41) is 2.80. The minimum atomic E-state index is -0.738. The predicted octanol–water partition coefficient (Wildman–Crippen LogP) is 5.63. The molecule has 160 valence electrons. The van der Waals surface area contributed by atoms with E-state index in [-0.39, 0.29) is 41.4 Å². The van der Waals surface area contributed by atoms with Crippen molar-refractivity contribution in [1.29, 1.82) is 0 Å². The molecule has 0 saturated carbocycles. The van der Waals surface area contributed by atoms with Crippen LogP contribution in [0.2, 0.25) is 0 Å². The van der Waals surface area contributed by atoms with Gasteiger partial charge in [0.1, 0.15) is 17.2 Å². The highest BCUT2D eigenvalue weighted by atomic mass is 19.1. The molecule has 6 nitrogen and oxygen atoms in total. The van der Waals surface area contributed by atoms with Crippen LogP contribution >= 0.6 is 0 Å². The fourth-order valence-electron chi connectivity index (χ4n) is 3.04. The molecule has 0 unspecified atom stereocenters. The van der Waals surface area contributed by atoms with Crippen LogP contribution in [0.3, 0.4) is 0 Å². The Morgan fingerprint density at radius 1 is 1.10 bits per heavy atom. The van der Waals surface area contributed by atoms with Crippen LogP contribution in [0.4, 0.5) is 14.5 Å². The molecule has 4 rings (SSSR count). The number of amides is 1. The van der Waals surface area contributed by atoms with Crippen LogP contribution in [0.25, 0.3) is 22.4 Å². The van der Waals surface area contributed by atoms with Gasteiger partial charge in [0.15, 0.2) is 17.2 Å². The molecule has 0 fully saturated rings. The lowest BCUT2D eigenvalue weighted by molar-refractivity contribution is -0.116. The van der Waals surface area contributed by atoms with Crippen molar-refractivity contribution in [3.8, 4) is 11.3 Å². The van der Waals surface area contributed by atoms with Crippen LogP contribution in [0, 0.1) is 11.6 Å². The maximum Gasteiger partial charge on any atom is 0.224 e. The second-order valence-corrected chi connectivity index (χ2v) is 8.21. The number of aromatic nitrogens is 2. The van der Waals surface area contributed by atoms with Crippen molar-refractivity contribution in [2.45, 2.75) is 39.0 Å². The van der Waals surface area contributed by atoms with Crippen molar-refractivity contribution in [3.63, 3.8) is 0 Å². The van der Waals surface area contributed by atoms with Gasteiger partial charge in [-0.1, -0.05) is 26.8 Å². The number of oxazole rings is 2. The summed E-state index contributed by atoms with van der Waals surface area (Å²) in [4.78, 5) is 20.8. The minimum absolute atomic E-state index is 0.0165. The van der Waals surface area contributed by atoms with E-state index in [0.717, 1.165) is 12.1 Å².